The lowest BCUT2D eigenvalue weighted by atomic mass is 10.1. The van der Waals surface area contributed by atoms with E-state index in [0.717, 1.165) is 0 Å². The maximum atomic E-state index is 11.3. The normalized spacial score (nSPS) is 29.5. The minimum absolute atomic E-state index is 0.0739. The first-order chi connectivity index (χ1) is 12.2. The monoisotopic (exact) mass is 388 g/mol. The lowest BCUT2D eigenvalue weighted by Gasteiger charge is -2.38. The van der Waals surface area contributed by atoms with Crippen molar-refractivity contribution in [2.45, 2.75) is 37.0 Å². The highest BCUT2D eigenvalue weighted by atomic mass is 32.2. The van der Waals surface area contributed by atoms with Gasteiger partial charge in [0.15, 0.2) is 0 Å². The maximum absolute atomic E-state index is 11.3. The summed E-state index contributed by atoms with van der Waals surface area (Å²) in [5.41, 5.74) is -0.972. The van der Waals surface area contributed by atoms with Crippen molar-refractivity contribution in [3.8, 4) is 16.9 Å². The number of nitrogens with zero attached hydrogens (tertiary/aromatic N) is 2. The molecule has 0 amide bonds. The Balaban J connectivity index is 1.85. The Morgan fingerprint density at radius 1 is 1.12 bits per heavy atom. The van der Waals surface area contributed by atoms with E-state index in [0.29, 0.717) is 16.9 Å². The summed E-state index contributed by atoms with van der Waals surface area (Å²) in [6, 6.07) is 1.50. The molecule has 1 unspecified atom stereocenters. The van der Waals surface area contributed by atoms with E-state index in [-0.39, 0.29) is 5.75 Å². The van der Waals surface area contributed by atoms with Crippen molar-refractivity contribution < 1.29 is 42.3 Å². The van der Waals surface area contributed by atoms with Gasteiger partial charge in [0, 0.05) is 17.3 Å². The zero-order valence-corrected chi connectivity index (χ0v) is 14.1. The summed E-state index contributed by atoms with van der Waals surface area (Å²) >= 11 is 0. The summed E-state index contributed by atoms with van der Waals surface area (Å²) in [7, 11) is -4.87. The first-order valence-corrected chi connectivity index (χ1v) is 8.88. The molecular weight excluding hydrogens is 372 g/mol. The van der Waals surface area contributed by atoms with E-state index in [1.54, 1.807) is 6.92 Å². The van der Waals surface area contributed by atoms with Gasteiger partial charge in [0.2, 0.25) is 11.7 Å². The summed E-state index contributed by atoms with van der Waals surface area (Å²) in [6.07, 6.45) is -3.19. The summed E-state index contributed by atoms with van der Waals surface area (Å²) in [5, 5.41) is 33.1. The number of rotatable bonds is 4. The Kier molecular flexibility index (Phi) is 4.96. The summed E-state index contributed by atoms with van der Waals surface area (Å²) < 4.78 is 46.9. The van der Waals surface area contributed by atoms with Gasteiger partial charge in [-0.3, -0.25) is 9.54 Å². The van der Waals surface area contributed by atoms with E-state index in [1.165, 1.54) is 24.7 Å². The maximum Gasteiger partial charge on any atom is 0.295 e. The Morgan fingerprint density at radius 3 is 2.46 bits per heavy atom. The van der Waals surface area contributed by atoms with Crippen LogP contribution in [0.4, 0.5) is 0 Å². The molecule has 4 N–H and O–H groups in total. The number of aliphatic hydroxyl groups is 3. The molecule has 142 valence electrons. The van der Waals surface area contributed by atoms with Gasteiger partial charge in [-0.2, -0.15) is 8.42 Å². The minimum atomic E-state index is -4.87. The van der Waals surface area contributed by atoms with Crippen LogP contribution in [0.25, 0.3) is 11.1 Å². The van der Waals surface area contributed by atoms with Crippen LogP contribution in [0.3, 0.4) is 0 Å². The van der Waals surface area contributed by atoms with Gasteiger partial charge in [0.25, 0.3) is 10.1 Å². The first kappa shape index (κ1) is 18.7. The van der Waals surface area contributed by atoms with Crippen LogP contribution in [-0.2, 0) is 14.9 Å². The summed E-state index contributed by atoms with van der Waals surface area (Å²) in [6.45, 7) is 1.69. The van der Waals surface area contributed by atoms with Gasteiger partial charge in [-0.15, -0.1) is 0 Å². The number of pyridine rings is 1. The second-order valence-electron chi connectivity index (χ2n) is 5.68. The second kappa shape index (κ2) is 6.90. The second-order valence-corrected chi connectivity index (χ2v) is 7.18. The Hall–Kier alpha value is -2.09. The van der Waals surface area contributed by atoms with Crippen molar-refractivity contribution in [1.82, 2.24) is 10.1 Å². The van der Waals surface area contributed by atoms with Crippen LogP contribution in [0.1, 0.15) is 5.76 Å². The molecule has 3 heterocycles. The minimum Gasteiger partial charge on any atom is -0.460 e. The van der Waals surface area contributed by atoms with E-state index in [2.05, 4.69) is 10.1 Å². The molecule has 1 saturated heterocycles. The Morgan fingerprint density at radius 2 is 1.85 bits per heavy atom. The van der Waals surface area contributed by atoms with Crippen molar-refractivity contribution in [2.24, 2.45) is 0 Å². The SMILES string of the molecule is Cc1oncc1-c1cncc(O[C@@H]2OC(S(=O)(=O)O)[C@@H](O)[C@H](O)[C@H]2O)c1. The number of aryl methyl sites for hydroxylation is 1. The molecule has 5 atom stereocenters. The first-order valence-electron chi connectivity index (χ1n) is 7.38. The number of hydrogen-bond donors (Lipinski definition) is 4. The molecule has 1 aliphatic heterocycles. The van der Waals surface area contributed by atoms with Crippen LogP contribution in [0.15, 0.2) is 29.2 Å². The van der Waals surface area contributed by atoms with Gasteiger partial charge < -0.3 is 29.3 Å². The van der Waals surface area contributed by atoms with Crippen LogP contribution >= 0.6 is 0 Å². The molecule has 2 aromatic rings. The van der Waals surface area contributed by atoms with E-state index >= 15 is 0 Å². The van der Waals surface area contributed by atoms with Crippen LogP contribution < -0.4 is 4.74 Å². The zero-order valence-electron chi connectivity index (χ0n) is 13.3. The Labute approximate surface area is 147 Å². The molecule has 26 heavy (non-hydrogen) atoms. The fraction of sp³-hybridized carbons (Fsp3) is 0.429. The summed E-state index contributed by atoms with van der Waals surface area (Å²) in [5.74, 6) is 0.604. The highest BCUT2D eigenvalue weighted by Gasteiger charge is 2.50. The molecule has 0 bridgehead atoms. The van der Waals surface area contributed by atoms with Crippen molar-refractivity contribution >= 4 is 10.1 Å². The van der Waals surface area contributed by atoms with Gasteiger partial charge in [-0.25, -0.2) is 0 Å². The molecule has 3 rings (SSSR count). The molecule has 0 radical (unpaired) electrons. The summed E-state index contributed by atoms with van der Waals surface area (Å²) in [4.78, 5) is 3.96. The molecule has 0 saturated carbocycles. The molecule has 2 aromatic heterocycles. The van der Waals surface area contributed by atoms with E-state index in [1.807, 2.05) is 0 Å². The average molecular weight is 388 g/mol. The third-order valence-corrected chi connectivity index (χ3v) is 4.82. The third-order valence-electron chi connectivity index (χ3n) is 3.85. The molecule has 0 aliphatic carbocycles. The lowest BCUT2D eigenvalue weighted by molar-refractivity contribution is -0.254. The smallest absolute Gasteiger partial charge is 0.295 e. The molecule has 1 fully saturated rings. The topological polar surface area (TPSA) is 172 Å². The molecule has 0 aromatic carbocycles. The number of hydrogen-bond acceptors (Lipinski definition) is 10. The quantitative estimate of drug-likeness (QED) is 0.477. The molecule has 1 aliphatic rings. The van der Waals surface area contributed by atoms with Crippen molar-refractivity contribution in [1.29, 1.82) is 0 Å². The van der Waals surface area contributed by atoms with Gasteiger partial charge in [-0.1, -0.05) is 5.16 Å². The highest BCUT2D eigenvalue weighted by molar-refractivity contribution is 7.86. The average Bonchev–Trinajstić information content (AvgIpc) is 3.00. The molecule has 0 spiro atoms. The van der Waals surface area contributed by atoms with Gasteiger partial charge in [-0.05, 0) is 13.0 Å². The Bertz CT molecular complexity index is 884. The lowest BCUT2D eigenvalue weighted by Crippen LogP contribution is -2.61. The number of ether oxygens (including phenoxy) is 2. The van der Waals surface area contributed by atoms with Crippen LogP contribution in [-0.4, -0.2) is 68.5 Å². The predicted octanol–water partition coefficient (Wildman–Crippen LogP) is -0.923. The van der Waals surface area contributed by atoms with Gasteiger partial charge in [0.1, 0.15) is 29.8 Å². The molecule has 11 nitrogen and oxygen atoms in total. The predicted molar refractivity (Wildman–Crippen MR) is 83.3 cm³/mol. The van der Waals surface area contributed by atoms with Gasteiger partial charge >= 0.3 is 0 Å². The van der Waals surface area contributed by atoms with Gasteiger partial charge in [0.05, 0.1) is 12.4 Å². The van der Waals surface area contributed by atoms with E-state index in [4.69, 9.17) is 18.5 Å². The van der Waals surface area contributed by atoms with Crippen molar-refractivity contribution in [2.75, 3.05) is 0 Å². The van der Waals surface area contributed by atoms with Crippen molar-refractivity contribution in [3.63, 3.8) is 0 Å². The number of aromatic nitrogens is 2. The van der Waals surface area contributed by atoms with E-state index in [9.17, 15) is 23.7 Å². The van der Waals surface area contributed by atoms with Crippen LogP contribution in [0.2, 0.25) is 0 Å². The molecular formula is C14H16N2O9S. The fourth-order valence-electron chi connectivity index (χ4n) is 2.50. The largest absolute Gasteiger partial charge is 0.460 e. The fourth-order valence-corrected chi connectivity index (χ4v) is 3.27. The van der Waals surface area contributed by atoms with E-state index < -0.39 is 40.2 Å². The third kappa shape index (κ3) is 3.56. The van der Waals surface area contributed by atoms with Crippen LogP contribution in [0, 0.1) is 6.92 Å². The molecule has 12 heteroatoms. The zero-order chi connectivity index (χ0) is 19.1. The standard InChI is InChI=1S/C14H16N2O9S/c1-6-9(5-16-25-6)7-2-8(4-15-3-7)23-13-11(18)10(17)12(19)14(24-13)26(20,21)22/h2-5,10-14,17-19H,1H3,(H,20,21,22)/t10-,11-,12+,13-,14?/m1/s1. The van der Waals surface area contributed by atoms with Crippen molar-refractivity contribution in [3.05, 3.63) is 30.4 Å². The van der Waals surface area contributed by atoms with Crippen LogP contribution in [0.5, 0.6) is 5.75 Å². The highest BCUT2D eigenvalue weighted by Crippen LogP contribution is 2.29. The number of aliphatic hydroxyl groups excluding tert-OH is 3.